The maximum Gasteiger partial charge on any atom is 0.228 e. The molecule has 132 valence electrons. The number of nitrogens with one attached hydrogen (secondary N) is 2. The largest absolute Gasteiger partial charge is 0.356 e. The summed E-state index contributed by atoms with van der Waals surface area (Å²) < 4.78 is 5.56. The van der Waals surface area contributed by atoms with E-state index in [-0.39, 0.29) is 24.0 Å². The minimum Gasteiger partial charge on any atom is -0.356 e. The fourth-order valence-corrected chi connectivity index (χ4v) is 3.60. The second-order valence-corrected chi connectivity index (χ2v) is 7.89. The topological polar surface area (TPSA) is 75.3 Å². The highest BCUT2D eigenvalue weighted by Crippen LogP contribution is 2.36. The van der Waals surface area contributed by atoms with Crippen LogP contribution in [0.5, 0.6) is 0 Å². The predicted molar refractivity (Wildman–Crippen MR) is 107 cm³/mol. The molecule has 1 fully saturated rings. The number of hydrogen-bond acceptors (Lipinski definition) is 5. The van der Waals surface area contributed by atoms with Gasteiger partial charge in [0.05, 0.1) is 0 Å². The van der Waals surface area contributed by atoms with Crippen LogP contribution in [-0.4, -0.2) is 46.7 Å². The van der Waals surface area contributed by atoms with Gasteiger partial charge in [-0.05, 0) is 25.5 Å². The first-order valence-corrected chi connectivity index (χ1v) is 8.92. The summed E-state index contributed by atoms with van der Waals surface area (Å²) in [6.45, 7) is 8.09. The van der Waals surface area contributed by atoms with Gasteiger partial charge in [-0.2, -0.15) is 16.7 Å². The van der Waals surface area contributed by atoms with Crippen LogP contribution in [-0.2, 0) is 6.42 Å². The Morgan fingerprint density at radius 1 is 1.43 bits per heavy atom. The molecule has 0 spiro atoms. The Kier molecular flexibility index (Phi) is 8.66. The fourth-order valence-electron chi connectivity index (χ4n) is 2.36. The van der Waals surface area contributed by atoms with Crippen molar-refractivity contribution in [3.63, 3.8) is 0 Å². The Morgan fingerprint density at radius 3 is 2.78 bits per heavy atom. The van der Waals surface area contributed by atoms with Crippen molar-refractivity contribution in [1.82, 2.24) is 20.8 Å². The summed E-state index contributed by atoms with van der Waals surface area (Å²) in [6, 6.07) is 0. The van der Waals surface area contributed by atoms with Crippen LogP contribution in [0.25, 0.3) is 0 Å². The fraction of sp³-hybridized carbons (Fsp3) is 0.800. The molecule has 1 atom stereocenters. The Labute approximate surface area is 160 Å². The molecule has 1 saturated heterocycles. The van der Waals surface area contributed by atoms with Crippen LogP contribution >= 0.6 is 35.7 Å². The van der Waals surface area contributed by atoms with Gasteiger partial charge in [0.1, 0.15) is 0 Å². The zero-order valence-corrected chi connectivity index (χ0v) is 17.5. The number of guanidine groups is 1. The molecule has 2 N–H and O–H groups in total. The average Bonchev–Trinajstić information content (AvgIpc) is 3.12. The molecule has 2 heterocycles. The van der Waals surface area contributed by atoms with E-state index in [1.165, 1.54) is 18.6 Å². The Balaban J connectivity index is 0.00000264. The normalized spacial score (nSPS) is 21.3. The third kappa shape index (κ3) is 6.48. The summed E-state index contributed by atoms with van der Waals surface area (Å²) in [5.74, 6) is 3.83. The Morgan fingerprint density at radius 2 is 2.22 bits per heavy atom. The van der Waals surface area contributed by atoms with Crippen LogP contribution in [0.3, 0.4) is 0 Å². The molecule has 0 aliphatic carbocycles. The van der Waals surface area contributed by atoms with E-state index in [0.29, 0.717) is 23.0 Å². The van der Waals surface area contributed by atoms with E-state index in [9.17, 15) is 0 Å². The molecule has 6 nitrogen and oxygen atoms in total. The van der Waals surface area contributed by atoms with Crippen molar-refractivity contribution in [3.05, 3.63) is 11.7 Å². The van der Waals surface area contributed by atoms with Gasteiger partial charge in [0.25, 0.3) is 0 Å². The first-order valence-electron chi connectivity index (χ1n) is 7.93. The number of hydrogen-bond donors (Lipinski definition) is 2. The number of rotatable bonds is 6. The molecule has 23 heavy (non-hydrogen) atoms. The molecule has 1 aromatic rings. The molecule has 0 saturated carbocycles. The molecular weight excluding hydrogens is 425 g/mol. The van der Waals surface area contributed by atoms with Crippen molar-refractivity contribution in [3.8, 4) is 0 Å². The first-order chi connectivity index (χ1) is 10.5. The summed E-state index contributed by atoms with van der Waals surface area (Å²) in [4.78, 5) is 8.63. The summed E-state index contributed by atoms with van der Waals surface area (Å²) in [5.41, 5.74) is 0. The van der Waals surface area contributed by atoms with Crippen LogP contribution < -0.4 is 10.6 Å². The van der Waals surface area contributed by atoms with Gasteiger partial charge in [-0.1, -0.05) is 19.0 Å². The third-order valence-electron chi connectivity index (χ3n) is 3.79. The standard InChI is InChI=1S/C15H27N5OS.HI/c1-11(2)13-19-12(21-20-13)6-8-17-14(16-4)18-10-15(3)7-5-9-22-15;/h11H,5-10H2,1-4H3,(H2,16,17,18);1H. The van der Waals surface area contributed by atoms with Crippen molar-refractivity contribution in [2.75, 3.05) is 25.9 Å². The monoisotopic (exact) mass is 453 g/mol. The number of nitrogens with zero attached hydrogens (tertiary/aromatic N) is 3. The molecule has 1 aliphatic heterocycles. The van der Waals surface area contributed by atoms with Crippen molar-refractivity contribution in [2.24, 2.45) is 4.99 Å². The van der Waals surface area contributed by atoms with Gasteiger partial charge in [0, 0.05) is 37.2 Å². The lowest BCUT2D eigenvalue weighted by atomic mass is 10.1. The quantitative estimate of drug-likeness (QED) is 0.392. The highest BCUT2D eigenvalue weighted by Gasteiger charge is 2.29. The van der Waals surface area contributed by atoms with Crippen LogP contribution in [0.2, 0.25) is 0 Å². The smallest absolute Gasteiger partial charge is 0.228 e. The van der Waals surface area contributed by atoms with Crippen molar-refractivity contribution < 1.29 is 4.52 Å². The molecule has 0 bridgehead atoms. The van der Waals surface area contributed by atoms with E-state index >= 15 is 0 Å². The van der Waals surface area contributed by atoms with Gasteiger partial charge in [0.15, 0.2) is 11.8 Å². The number of thioether (sulfide) groups is 1. The second kappa shape index (κ2) is 9.71. The molecule has 1 aromatic heterocycles. The van der Waals surface area contributed by atoms with Crippen LogP contribution in [0, 0.1) is 0 Å². The van der Waals surface area contributed by atoms with Crippen molar-refractivity contribution in [2.45, 2.75) is 50.7 Å². The minimum absolute atomic E-state index is 0. The van der Waals surface area contributed by atoms with E-state index in [4.69, 9.17) is 4.52 Å². The number of halogens is 1. The highest BCUT2D eigenvalue weighted by atomic mass is 127. The van der Waals surface area contributed by atoms with E-state index in [0.717, 1.165) is 24.9 Å². The Hall–Kier alpha value is -0.510. The average molecular weight is 453 g/mol. The Bertz CT molecular complexity index is 500. The summed E-state index contributed by atoms with van der Waals surface area (Å²) in [5, 5.41) is 10.7. The van der Waals surface area contributed by atoms with Crippen molar-refractivity contribution in [1.29, 1.82) is 0 Å². The molecular formula is C15H28IN5OS. The van der Waals surface area contributed by atoms with Gasteiger partial charge in [-0.3, -0.25) is 4.99 Å². The molecule has 0 aromatic carbocycles. The van der Waals surface area contributed by atoms with Crippen LogP contribution in [0.4, 0.5) is 0 Å². The van der Waals surface area contributed by atoms with E-state index < -0.39 is 0 Å². The summed E-state index contributed by atoms with van der Waals surface area (Å²) in [7, 11) is 1.79. The zero-order chi connectivity index (χ0) is 16.0. The third-order valence-corrected chi connectivity index (χ3v) is 5.32. The lowest BCUT2D eigenvalue weighted by Crippen LogP contribution is -2.44. The highest BCUT2D eigenvalue weighted by molar-refractivity contribution is 14.0. The maximum atomic E-state index is 5.23. The summed E-state index contributed by atoms with van der Waals surface area (Å²) >= 11 is 2.04. The van der Waals surface area contributed by atoms with Gasteiger partial charge >= 0.3 is 0 Å². The summed E-state index contributed by atoms with van der Waals surface area (Å²) in [6.07, 6.45) is 3.28. The number of aromatic nitrogens is 2. The lowest BCUT2D eigenvalue weighted by molar-refractivity contribution is 0.371. The van der Waals surface area contributed by atoms with Crippen LogP contribution in [0.1, 0.15) is 51.2 Å². The van der Waals surface area contributed by atoms with E-state index in [1.807, 2.05) is 11.8 Å². The van der Waals surface area contributed by atoms with Gasteiger partial charge < -0.3 is 15.2 Å². The molecule has 8 heteroatoms. The van der Waals surface area contributed by atoms with Gasteiger partial charge in [-0.25, -0.2) is 0 Å². The number of aliphatic imine (C=N–C) groups is 1. The molecule has 2 rings (SSSR count). The van der Waals surface area contributed by atoms with Gasteiger partial charge in [-0.15, -0.1) is 24.0 Å². The molecule has 0 radical (unpaired) electrons. The molecule has 0 amide bonds. The second-order valence-electron chi connectivity index (χ2n) is 6.21. The predicted octanol–water partition coefficient (Wildman–Crippen LogP) is 2.80. The minimum atomic E-state index is 0. The van der Waals surface area contributed by atoms with E-state index in [1.54, 1.807) is 7.05 Å². The zero-order valence-electron chi connectivity index (χ0n) is 14.4. The molecule has 1 aliphatic rings. The first kappa shape index (κ1) is 20.5. The maximum absolute atomic E-state index is 5.23. The SMILES string of the molecule is CN=C(NCCc1nc(C(C)C)no1)NCC1(C)CCCS1.I. The lowest BCUT2D eigenvalue weighted by Gasteiger charge is -2.24. The van der Waals surface area contributed by atoms with Crippen LogP contribution in [0.15, 0.2) is 9.52 Å². The molecule has 1 unspecified atom stereocenters. The van der Waals surface area contributed by atoms with E-state index in [2.05, 4.69) is 46.5 Å². The van der Waals surface area contributed by atoms with Gasteiger partial charge in [0.2, 0.25) is 5.89 Å². The van der Waals surface area contributed by atoms with Crippen molar-refractivity contribution >= 4 is 41.7 Å².